The fraction of sp³-hybridized carbons (Fsp3) is 0.320. The summed E-state index contributed by atoms with van der Waals surface area (Å²) in [6, 6.07) is 17.3. The lowest BCUT2D eigenvalue weighted by Crippen LogP contribution is -2.29. The quantitative estimate of drug-likeness (QED) is 0.321. The number of fused-ring (bicyclic) bond motifs is 3. The van der Waals surface area contributed by atoms with Gasteiger partial charge in [0.1, 0.15) is 11.3 Å². The van der Waals surface area contributed by atoms with E-state index in [-0.39, 0.29) is 6.03 Å². The van der Waals surface area contributed by atoms with Crippen molar-refractivity contribution < 1.29 is 4.79 Å². The van der Waals surface area contributed by atoms with Crippen LogP contribution >= 0.6 is 0 Å². The van der Waals surface area contributed by atoms with Crippen molar-refractivity contribution in [3.8, 4) is 0 Å². The number of nitrogens with zero attached hydrogens (tertiary/aromatic N) is 3. The standard InChI is InChI=1S/C25H30N6O/c1-2-3-15-21-30-22-23(19-13-7-8-14-20(19)29-24(22)26)31(21)17-10-9-16-27-25(32)28-18-11-5-4-6-12-18/h4-8,11-14H,2-3,9-10,15-17H2,1H3,(H2,26,29)(H2,27,28,32). The van der Waals surface area contributed by atoms with E-state index >= 15 is 0 Å². The molecule has 0 saturated heterocycles. The van der Waals surface area contributed by atoms with Crippen LogP contribution in [0.15, 0.2) is 54.6 Å². The number of nitrogens with two attached hydrogens (primary N) is 1. The van der Waals surface area contributed by atoms with Crippen molar-refractivity contribution in [2.45, 2.75) is 45.6 Å². The van der Waals surface area contributed by atoms with Crippen molar-refractivity contribution in [1.29, 1.82) is 0 Å². The Balaban J connectivity index is 1.45. The largest absolute Gasteiger partial charge is 0.382 e. The van der Waals surface area contributed by atoms with Gasteiger partial charge in [-0.15, -0.1) is 0 Å². The molecular formula is C25H30N6O. The molecule has 2 heterocycles. The molecule has 7 nitrogen and oxygen atoms in total. The van der Waals surface area contributed by atoms with Gasteiger partial charge in [-0.1, -0.05) is 49.7 Å². The summed E-state index contributed by atoms with van der Waals surface area (Å²) < 4.78 is 2.30. The van der Waals surface area contributed by atoms with Gasteiger partial charge in [-0.3, -0.25) is 0 Å². The van der Waals surface area contributed by atoms with Crippen LogP contribution in [0.5, 0.6) is 0 Å². The van der Waals surface area contributed by atoms with Gasteiger partial charge in [-0.25, -0.2) is 14.8 Å². The van der Waals surface area contributed by atoms with Gasteiger partial charge in [0.2, 0.25) is 0 Å². The number of benzene rings is 2. The summed E-state index contributed by atoms with van der Waals surface area (Å²) in [5.74, 6) is 1.54. The van der Waals surface area contributed by atoms with Crippen LogP contribution < -0.4 is 16.4 Å². The van der Waals surface area contributed by atoms with Crippen molar-refractivity contribution >= 4 is 39.5 Å². The average molecular weight is 431 g/mol. The average Bonchev–Trinajstić information content (AvgIpc) is 3.17. The second kappa shape index (κ2) is 10.1. The number of anilines is 2. The first kappa shape index (κ1) is 21.6. The topological polar surface area (TPSA) is 97.9 Å². The number of rotatable bonds is 9. The molecular weight excluding hydrogens is 400 g/mol. The molecule has 0 aliphatic rings. The molecule has 4 N–H and O–H groups in total. The van der Waals surface area contributed by atoms with Crippen molar-refractivity contribution in [3.05, 3.63) is 60.4 Å². The molecule has 4 aromatic rings. The molecule has 166 valence electrons. The van der Waals surface area contributed by atoms with E-state index in [4.69, 9.17) is 10.7 Å². The summed E-state index contributed by atoms with van der Waals surface area (Å²) in [4.78, 5) is 21.5. The predicted molar refractivity (Wildman–Crippen MR) is 131 cm³/mol. The molecule has 2 aromatic carbocycles. The molecule has 4 rings (SSSR count). The number of urea groups is 1. The van der Waals surface area contributed by atoms with Crippen molar-refractivity contribution in [2.75, 3.05) is 17.6 Å². The van der Waals surface area contributed by atoms with Crippen molar-refractivity contribution in [3.63, 3.8) is 0 Å². The molecule has 32 heavy (non-hydrogen) atoms. The summed E-state index contributed by atoms with van der Waals surface area (Å²) in [6.45, 7) is 3.62. The highest BCUT2D eigenvalue weighted by Gasteiger charge is 2.16. The number of hydrogen-bond donors (Lipinski definition) is 3. The first-order chi connectivity index (χ1) is 15.7. The third kappa shape index (κ3) is 4.82. The third-order valence-electron chi connectivity index (χ3n) is 5.57. The maximum atomic E-state index is 12.1. The van der Waals surface area contributed by atoms with E-state index < -0.39 is 0 Å². The Kier molecular flexibility index (Phi) is 6.84. The summed E-state index contributed by atoms with van der Waals surface area (Å²) in [5.41, 5.74) is 9.79. The molecule has 0 fully saturated rings. The zero-order valence-corrected chi connectivity index (χ0v) is 18.5. The van der Waals surface area contributed by atoms with E-state index in [1.165, 1.54) is 0 Å². The lowest BCUT2D eigenvalue weighted by atomic mass is 10.2. The van der Waals surface area contributed by atoms with Crippen LogP contribution in [0.3, 0.4) is 0 Å². The van der Waals surface area contributed by atoms with E-state index in [0.717, 1.165) is 72.1 Å². The summed E-state index contributed by atoms with van der Waals surface area (Å²) >= 11 is 0. The number of aryl methyl sites for hydroxylation is 2. The van der Waals surface area contributed by atoms with Crippen LogP contribution in [-0.4, -0.2) is 27.1 Å². The lowest BCUT2D eigenvalue weighted by Gasteiger charge is -2.11. The van der Waals surface area contributed by atoms with Crippen LogP contribution in [0.25, 0.3) is 21.9 Å². The highest BCUT2D eigenvalue weighted by molar-refractivity contribution is 6.06. The van der Waals surface area contributed by atoms with E-state index in [1.54, 1.807) is 0 Å². The minimum Gasteiger partial charge on any atom is -0.382 e. The zero-order valence-electron chi connectivity index (χ0n) is 18.5. The van der Waals surface area contributed by atoms with Crippen molar-refractivity contribution in [2.24, 2.45) is 0 Å². The monoisotopic (exact) mass is 430 g/mol. The molecule has 0 aliphatic heterocycles. The molecule has 0 saturated carbocycles. The van der Waals surface area contributed by atoms with E-state index in [9.17, 15) is 4.79 Å². The Labute approximate surface area is 188 Å². The Morgan fingerprint density at radius 3 is 2.59 bits per heavy atom. The molecule has 0 aliphatic carbocycles. The highest BCUT2D eigenvalue weighted by atomic mass is 16.2. The molecule has 0 bridgehead atoms. The number of carbonyl (C=O) groups is 1. The van der Waals surface area contributed by atoms with Gasteiger partial charge in [0.25, 0.3) is 0 Å². The molecule has 0 spiro atoms. The lowest BCUT2D eigenvalue weighted by molar-refractivity contribution is 0.252. The van der Waals surface area contributed by atoms with E-state index in [2.05, 4.69) is 33.2 Å². The number of nitrogens with one attached hydrogen (secondary N) is 2. The van der Waals surface area contributed by atoms with Crippen LogP contribution in [-0.2, 0) is 13.0 Å². The van der Waals surface area contributed by atoms with Gasteiger partial charge in [0, 0.05) is 30.6 Å². The first-order valence-corrected chi connectivity index (χ1v) is 11.3. The molecule has 7 heteroatoms. The number of para-hydroxylation sites is 2. The van der Waals surface area contributed by atoms with Gasteiger partial charge in [-0.05, 0) is 37.5 Å². The molecule has 0 unspecified atom stereocenters. The van der Waals surface area contributed by atoms with Gasteiger partial charge in [0.15, 0.2) is 5.82 Å². The van der Waals surface area contributed by atoms with Crippen LogP contribution in [0.2, 0.25) is 0 Å². The van der Waals surface area contributed by atoms with Crippen LogP contribution in [0.4, 0.5) is 16.3 Å². The number of pyridine rings is 1. The van der Waals surface area contributed by atoms with Gasteiger partial charge >= 0.3 is 6.03 Å². The van der Waals surface area contributed by atoms with Gasteiger partial charge < -0.3 is 20.9 Å². The number of hydrogen-bond acceptors (Lipinski definition) is 4. The zero-order chi connectivity index (χ0) is 22.3. The Morgan fingerprint density at radius 2 is 1.78 bits per heavy atom. The van der Waals surface area contributed by atoms with Crippen LogP contribution in [0.1, 0.15) is 38.4 Å². The Morgan fingerprint density at radius 1 is 1.00 bits per heavy atom. The minimum atomic E-state index is -0.183. The summed E-state index contributed by atoms with van der Waals surface area (Å²) in [7, 11) is 0. The van der Waals surface area contributed by atoms with E-state index in [0.29, 0.717) is 12.4 Å². The SMILES string of the molecule is CCCCc1nc2c(N)nc3ccccc3c2n1CCCCNC(=O)Nc1ccccc1. The molecule has 2 aromatic heterocycles. The molecule has 2 amide bonds. The van der Waals surface area contributed by atoms with Crippen molar-refractivity contribution in [1.82, 2.24) is 19.9 Å². The Bertz CT molecular complexity index is 1200. The fourth-order valence-electron chi connectivity index (χ4n) is 3.97. The fourth-order valence-corrected chi connectivity index (χ4v) is 3.97. The van der Waals surface area contributed by atoms with Gasteiger partial charge in [-0.2, -0.15) is 0 Å². The first-order valence-electron chi connectivity index (χ1n) is 11.3. The number of unbranched alkanes of at least 4 members (excludes halogenated alkanes) is 2. The second-order valence-corrected chi connectivity index (χ2v) is 7.95. The highest BCUT2D eigenvalue weighted by Crippen LogP contribution is 2.29. The van der Waals surface area contributed by atoms with E-state index in [1.807, 2.05) is 48.5 Å². The number of aromatic nitrogens is 3. The number of amides is 2. The second-order valence-electron chi connectivity index (χ2n) is 7.95. The normalized spacial score (nSPS) is 11.2. The minimum absolute atomic E-state index is 0.183. The molecule has 0 radical (unpaired) electrons. The van der Waals surface area contributed by atoms with Gasteiger partial charge in [0.05, 0.1) is 11.0 Å². The maximum absolute atomic E-state index is 12.1. The predicted octanol–water partition coefficient (Wildman–Crippen LogP) is 5.11. The number of carbonyl (C=O) groups excluding carboxylic acids is 1. The maximum Gasteiger partial charge on any atom is 0.319 e. The molecule has 0 atom stereocenters. The summed E-state index contributed by atoms with van der Waals surface area (Å²) in [5, 5.41) is 6.85. The smallest absolute Gasteiger partial charge is 0.319 e. The van der Waals surface area contributed by atoms with Crippen LogP contribution in [0, 0.1) is 0 Å². The third-order valence-corrected chi connectivity index (χ3v) is 5.57. The summed E-state index contributed by atoms with van der Waals surface area (Å²) in [6.07, 6.45) is 4.89. The Hall–Kier alpha value is -3.61. The number of nitrogen functional groups attached to an aromatic ring is 1. The number of imidazole rings is 1.